The fraction of sp³-hybridized carbons (Fsp3) is 0.438. The van der Waals surface area contributed by atoms with Gasteiger partial charge >= 0.3 is 0 Å². The second-order valence-electron chi connectivity index (χ2n) is 5.46. The molecule has 1 atom stereocenters. The average Bonchev–Trinajstić information content (AvgIpc) is 2.86. The molecule has 22 heavy (non-hydrogen) atoms. The van der Waals surface area contributed by atoms with Crippen LogP contribution in [0.5, 0.6) is 0 Å². The summed E-state index contributed by atoms with van der Waals surface area (Å²) in [5.74, 6) is 0.381. The number of rotatable bonds is 5. The van der Waals surface area contributed by atoms with Gasteiger partial charge in [-0.15, -0.1) is 10.2 Å². The van der Waals surface area contributed by atoms with Crippen LogP contribution < -0.4 is 5.32 Å². The molecule has 0 aliphatic heterocycles. The van der Waals surface area contributed by atoms with E-state index in [2.05, 4.69) is 48.4 Å². The van der Waals surface area contributed by atoms with Crippen molar-refractivity contribution in [2.24, 2.45) is 0 Å². The van der Waals surface area contributed by atoms with Gasteiger partial charge in [-0.2, -0.15) is 0 Å². The number of amides is 1. The third kappa shape index (κ3) is 4.30. The van der Waals surface area contributed by atoms with Crippen LogP contribution in [0.4, 0.5) is 0 Å². The molecule has 1 amide bonds. The van der Waals surface area contributed by atoms with Gasteiger partial charge in [0.2, 0.25) is 5.91 Å². The molecule has 0 saturated heterocycles. The number of hydrogen-bond acceptors (Lipinski definition) is 5. The van der Waals surface area contributed by atoms with Gasteiger partial charge in [0.1, 0.15) is 5.01 Å². The Balaban J connectivity index is 1.95. The van der Waals surface area contributed by atoms with Crippen LogP contribution in [-0.2, 0) is 4.79 Å². The molecular weight excluding hydrogens is 314 g/mol. The van der Waals surface area contributed by atoms with Gasteiger partial charge < -0.3 is 5.32 Å². The van der Waals surface area contributed by atoms with Gasteiger partial charge in [0, 0.05) is 0 Å². The molecule has 1 heterocycles. The van der Waals surface area contributed by atoms with Crippen LogP contribution >= 0.6 is 23.1 Å². The summed E-state index contributed by atoms with van der Waals surface area (Å²) in [7, 11) is 0. The topological polar surface area (TPSA) is 54.9 Å². The first-order valence-electron chi connectivity index (χ1n) is 7.17. The van der Waals surface area contributed by atoms with E-state index in [-0.39, 0.29) is 11.9 Å². The zero-order valence-corrected chi connectivity index (χ0v) is 15.2. The molecule has 0 fully saturated rings. The van der Waals surface area contributed by atoms with Crippen molar-refractivity contribution in [3.8, 4) is 0 Å². The Morgan fingerprint density at radius 2 is 1.86 bits per heavy atom. The SMILES string of the molecule is Cc1nnc(SCC(=O)N[C@@H](C)c2cc(C)c(C)cc2C)s1. The molecule has 0 saturated carbocycles. The molecule has 0 aliphatic carbocycles. The molecule has 0 bridgehead atoms. The van der Waals surface area contributed by atoms with Crippen molar-refractivity contribution in [3.05, 3.63) is 39.4 Å². The van der Waals surface area contributed by atoms with Gasteiger partial charge in [-0.05, 0) is 56.9 Å². The van der Waals surface area contributed by atoms with Gasteiger partial charge in [0.05, 0.1) is 11.8 Å². The first kappa shape index (κ1) is 17.0. The van der Waals surface area contributed by atoms with Crippen molar-refractivity contribution in [1.29, 1.82) is 0 Å². The number of thioether (sulfide) groups is 1. The van der Waals surface area contributed by atoms with Gasteiger partial charge in [-0.3, -0.25) is 4.79 Å². The molecule has 0 radical (unpaired) electrons. The summed E-state index contributed by atoms with van der Waals surface area (Å²) in [6.07, 6.45) is 0. The lowest BCUT2D eigenvalue weighted by molar-refractivity contribution is -0.119. The average molecular weight is 335 g/mol. The van der Waals surface area contributed by atoms with Crippen LogP contribution in [0.15, 0.2) is 16.5 Å². The maximum Gasteiger partial charge on any atom is 0.230 e. The van der Waals surface area contributed by atoms with E-state index in [1.54, 1.807) is 0 Å². The Morgan fingerprint density at radius 1 is 1.18 bits per heavy atom. The number of carbonyl (C=O) groups is 1. The zero-order valence-electron chi connectivity index (χ0n) is 13.6. The van der Waals surface area contributed by atoms with Crippen molar-refractivity contribution in [3.63, 3.8) is 0 Å². The van der Waals surface area contributed by atoms with E-state index < -0.39 is 0 Å². The highest BCUT2D eigenvalue weighted by atomic mass is 32.2. The molecule has 0 unspecified atom stereocenters. The first-order valence-corrected chi connectivity index (χ1v) is 8.97. The smallest absolute Gasteiger partial charge is 0.230 e. The summed E-state index contributed by atoms with van der Waals surface area (Å²) >= 11 is 2.94. The number of nitrogens with one attached hydrogen (secondary N) is 1. The maximum atomic E-state index is 12.1. The highest BCUT2D eigenvalue weighted by Crippen LogP contribution is 2.23. The number of aryl methyl sites for hydroxylation is 4. The molecule has 6 heteroatoms. The van der Waals surface area contributed by atoms with Crippen LogP contribution in [0, 0.1) is 27.7 Å². The zero-order chi connectivity index (χ0) is 16.3. The Kier molecular flexibility index (Phi) is 5.58. The van der Waals surface area contributed by atoms with E-state index in [1.807, 2.05) is 13.8 Å². The van der Waals surface area contributed by atoms with Crippen molar-refractivity contribution < 1.29 is 4.79 Å². The lowest BCUT2D eigenvalue weighted by Crippen LogP contribution is -2.28. The molecular formula is C16H21N3OS2. The van der Waals surface area contributed by atoms with E-state index >= 15 is 0 Å². The standard InChI is InChI=1S/C16H21N3OS2/c1-9-6-11(3)14(7-10(9)2)12(4)17-15(20)8-21-16-19-18-13(5)22-16/h6-7,12H,8H2,1-5H3,(H,17,20)/t12-/m0/s1. The van der Waals surface area contributed by atoms with Gasteiger partial charge in [0.25, 0.3) is 0 Å². The lowest BCUT2D eigenvalue weighted by Gasteiger charge is -2.18. The fourth-order valence-electron chi connectivity index (χ4n) is 2.27. The summed E-state index contributed by atoms with van der Waals surface area (Å²) < 4.78 is 0.836. The minimum Gasteiger partial charge on any atom is -0.349 e. The quantitative estimate of drug-likeness (QED) is 0.846. The van der Waals surface area contributed by atoms with Gasteiger partial charge in [-0.25, -0.2) is 0 Å². The second-order valence-corrected chi connectivity index (χ2v) is 7.86. The number of aromatic nitrogens is 2. The summed E-state index contributed by atoms with van der Waals surface area (Å²) in [5, 5.41) is 11.9. The van der Waals surface area contributed by atoms with E-state index in [1.165, 1.54) is 45.4 Å². The van der Waals surface area contributed by atoms with Gasteiger partial charge in [-0.1, -0.05) is 35.2 Å². The van der Waals surface area contributed by atoms with E-state index in [9.17, 15) is 4.79 Å². The Morgan fingerprint density at radius 3 is 2.50 bits per heavy atom. The maximum absolute atomic E-state index is 12.1. The summed E-state index contributed by atoms with van der Waals surface area (Å²) in [5.41, 5.74) is 4.92. The largest absolute Gasteiger partial charge is 0.349 e. The number of benzene rings is 1. The molecule has 1 N–H and O–H groups in total. The summed E-state index contributed by atoms with van der Waals surface area (Å²) in [6.45, 7) is 10.2. The normalized spacial score (nSPS) is 12.2. The molecule has 2 rings (SSSR count). The van der Waals surface area contributed by atoms with Crippen molar-refractivity contribution >= 4 is 29.0 Å². The lowest BCUT2D eigenvalue weighted by atomic mass is 9.96. The predicted octanol–water partition coefficient (Wildman–Crippen LogP) is 3.74. The molecule has 2 aromatic rings. The minimum atomic E-state index is 0.00329. The Hall–Kier alpha value is -1.40. The van der Waals surface area contributed by atoms with E-state index in [0.717, 1.165) is 9.35 Å². The van der Waals surface area contributed by atoms with Crippen LogP contribution in [0.25, 0.3) is 0 Å². The molecule has 118 valence electrons. The van der Waals surface area contributed by atoms with Crippen molar-refractivity contribution in [2.45, 2.75) is 45.0 Å². The number of nitrogens with zero attached hydrogens (tertiary/aromatic N) is 2. The third-order valence-electron chi connectivity index (χ3n) is 3.56. The fourth-order valence-corrected chi connectivity index (χ4v) is 3.90. The Labute approximate surface area is 139 Å². The van der Waals surface area contributed by atoms with Gasteiger partial charge in [0.15, 0.2) is 4.34 Å². The van der Waals surface area contributed by atoms with Crippen LogP contribution in [0.2, 0.25) is 0 Å². The second kappa shape index (κ2) is 7.24. The van der Waals surface area contributed by atoms with Crippen molar-refractivity contribution in [1.82, 2.24) is 15.5 Å². The molecule has 0 spiro atoms. The van der Waals surface area contributed by atoms with Crippen LogP contribution in [0.3, 0.4) is 0 Å². The third-order valence-corrected chi connectivity index (χ3v) is 5.53. The molecule has 4 nitrogen and oxygen atoms in total. The number of carbonyl (C=O) groups excluding carboxylic acids is 1. The molecule has 1 aromatic heterocycles. The van der Waals surface area contributed by atoms with Crippen molar-refractivity contribution in [2.75, 3.05) is 5.75 Å². The molecule has 1 aromatic carbocycles. The first-order chi connectivity index (χ1) is 10.4. The highest BCUT2D eigenvalue weighted by molar-refractivity contribution is 8.01. The van der Waals surface area contributed by atoms with Crippen LogP contribution in [-0.4, -0.2) is 21.9 Å². The molecule has 0 aliphatic rings. The predicted molar refractivity (Wildman–Crippen MR) is 92.6 cm³/mol. The Bertz CT molecular complexity index is 682. The number of hydrogen-bond donors (Lipinski definition) is 1. The van der Waals surface area contributed by atoms with E-state index in [4.69, 9.17) is 0 Å². The minimum absolute atomic E-state index is 0.00329. The van der Waals surface area contributed by atoms with E-state index in [0.29, 0.717) is 5.75 Å². The summed E-state index contributed by atoms with van der Waals surface area (Å²) in [4.78, 5) is 12.1. The monoisotopic (exact) mass is 335 g/mol. The highest BCUT2D eigenvalue weighted by Gasteiger charge is 2.14. The van der Waals surface area contributed by atoms with Crippen LogP contribution in [0.1, 0.15) is 40.2 Å². The summed E-state index contributed by atoms with van der Waals surface area (Å²) in [6, 6.07) is 4.34.